The Morgan fingerprint density at radius 2 is 2.29 bits per heavy atom. The molecule has 1 rings (SSSR count). The van der Waals surface area contributed by atoms with E-state index in [4.69, 9.17) is 5.11 Å². The van der Waals surface area contributed by atoms with Crippen LogP contribution in [-0.2, 0) is 0 Å². The van der Waals surface area contributed by atoms with Crippen LogP contribution in [0.3, 0.4) is 0 Å². The SMILES string of the molecule is O=C(O)NCCCCN1CC[C@H](O)C1. The second-order valence-electron chi connectivity index (χ2n) is 3.68. The molecule has 1 fully saturated rings. The average Bonchev–Trinajstić information content (AvgIpc) is 2.50. The third-order valence-electron chi connectivity index (χ3n) is 2.42. The number of rotatable bonds is 5. The number of amides is 1. The van der Waals surface area contributed by atoms with Crippen molar-refractivity contribution in [1.29, 1.82) is 0 Å². The summed E-state index contributed by atoms with van der Waals surface area (Å²) in [6, 6.07) is 0. The number of β-amino-alcohol motifs (C(OH)–C–C–N with tert-alkyl or cyclic N) is 1. The summed E-state index contributed by atoms with van der Waals surface area (Å²) < 4.78 is 0. The lowest BCUT2D eigenvalue weighted by atomic mass is 10.3. The highest BCUT2D eigenvalue weighted by Crippen LogP contribution is 2.09. The van der Waals surface area contributed by atoms with Gasteiger partial charge in [-0.05, 0) is 25.8 Å². The van der Waals surface area contributed by atoms with Crippen LogP contribution in [0.15, 0.2) is 0 Å². The Morgan fingerprint density at radius 3 is 2.86 bits per heavy atom. The Labute approximate surface area is 83.7 Å². The smallest absolute Gasteiger partial charge is 0.404 e. The summed E-state index contributed by atoms with van der Waals surface area (Å²) >= 11 is 0. The molecule has 1 saturated heterocycles. The summed E-state index contributed by atoms with van der Waals surface area (Å²) in [4.78, 5) is 12.3. The zero-order chi connectivity index (χ0) is 10.4. The van der Waals surface area contributed by atoms with Gasteiger partial charge in [0, 0.05) is 19.6 Å². The Kier molecular flexibility index (Phi) is 4.69. The Bertz CT molecular complexity index is 187. The molecule has 1 atom stereocenters. The molecule has 14 heavy (non-hydrogen) atoms. The van der Waals surface area contributed by atoms with E-state index >= 15 is 0 Å². The zero-order valence-electron chi connectivity index (χ0n) is 8.28. The number of unbranched alkanes of at least 4 members (excludes halogenated alkanes) is 1. The number of hydrogen-bond acceptors (Lipinski definition) is 3. The van der Waals surface area contributed by atoms with Gasteiger partial charge in [0.05, 0.1) is 6.10 Å². The van der Waals surface area contributed by atoms with Crippen LogP contribution in [0.1, 0.15) is 19.3 Å². The van der Waals surface area contributed by atoms with Crippen molar-refractivity contribution in [3.63, 3.8) is 0 Å². The Morgan fingerprint density at radius 1 is 1.50 bits per heavy atom. The quantitative estimate of drug-likeness (QED) is 0.553. The molecule has 0 saturated carbocycles. The first kappa shape index (κ1) is 11.3. The molecule has 0 spiro atoms. The Hall–Kier alpha value is -0.810. The normalized spacial score (nSPS) is 22.5. The molecule has 0 aliphatic carbocycles. The maximum absolute atomic E-state index is 10.1. The molecule has 1 amide bonds. The maximum atomic E-state index is 10.1. The van der Waals surface area contributed by atoms with Gasteiger partial charge in [0.2, 0.25) is 0 Å². The highest BCUT2D eigenvalue weighted by atomic mass is 16.4. The lowest BCUT2D eigenvalue weighted by Crippen LogP contribution is -2.25. The van der Waals surface area contributed by atoms with Crippen LogP contribution >= 0.6 is 0 Å². The van der Waals surface area contributed by atoms with Gasteiger partial charge in [-0.1, -0.05) is 0 Å². The summed E-state index contributed by atoms with van der Waals surface area (Å²) in [5, 5.41) is 19.9. The van der Waals surface area contributed by atoms with E-state index in [-0.39, 0.29) is 6.10 Å². The van der Waals surface area contributed by atoms with E-state index in [1.807, 2.05) is 0 Å². The topological polar surface area (TPSA) is 72.8 Å². The fraction of sp³-hybridized carbons (Fsp3) is 0.889. The van der Waals surface area contributed by atoms with Crippen molar-refractivity contribution in [1.82, 2.24) is 10.2 Å². The van der Waals surface area contributed by atoms with E-state index in [9.17, 15) is 9.90 Å². The number of carboxylic acid groups (broad SMARTS) is 1. The highest BCUT2D eigenvalue weighted by Gasteiger charge is 2.18. The number of carbonyl (C=O) groups is 1. The number of aliphatic hydroxyl groups excluding tert-OH is 1. The molecule has 3 N–H and O–H groups in total. The second-order valence-corrected chi connectivity index (χ2v) is 3.68. The minimum Gasteiger partial charge on any atom is -0.465 e. The lowest BCUT2D eigenvalue weighted by Gasteiger charge is -2.14. The van der Waals surface area contributed by atoms with Gasteiger partial charge in [0.15, 0.2) is 0 Å². The van der Waals surface area contributed by atoms with Crippen LogP contribution in [0.2, 0.25) is 0 Å². The molecule has 1 aliphatic heterocycles. The molecule has 82 valence electrons. The van der Waals surface area contributed by atoms with Gasteiger partial charge in [-0.25, -0.2) is 4.79 Å². The molecule has 0 aromatic rings. The van der Waals surface area contributed by atoms with Gasteiger partial charge >= 0.3 is 6.09 Å². The average molecular weight is 202 g/mol. The minimum absolute atomic E-state index is 0.160. The predicted octanol–water partition coefficient (Wildman–Crippen LogP) is 0.101. The fourth-order valence-electron chi connectivity index (χ4n) is 1.67. The van der Waals surface area contributed by atoms with E-state index in [0.29, 0.717) is 6.54 Å². The maximum Gasteiger partial charge on any atom is 0.404 e. The van der Waals surface area contributed by atoms with Gasteiger partial charge in [0.25, 0.3) is 0 Å². The lowest BCUT2D eigenvalue weighted by molar-refractivity contribution is 0.175. The van der Waals surface area contributed by atoms with Crippen LogP contribution in [-0.4, -0.2) is 53.5 Å². The highest BCUT2D eigenvalue weighted by molar-refractivity contribution is 5.64. The van der Waals surface area contributed by atoms with Crippen molar-refractivity contribution in [3.05, 3.63) is 0 Å². The zero-order valence-corrected chi connectivity index (χ0v) is 8.28. The largest absolute Gasteiger partial charge is 0.465 e. The molecule has 0 aromatic heterocycles. The molecule has 5 nitrogen and oxygen atoms in total. The van der Waals surface area contributed by atoms with E-state index in [1.54, 1.807) is 0 Å². The van der Waals surface area contributed by atoms with E-state index in [1.165, 1.54) is 0 Å². The van der Waals surface area contributed by atoms with Crippen LogP contribution in [0.4, 0.5) is 4.79 Å². The number of likely N-dealkylation sites (tertiary alicyclic amines) is 1. The van der Waals surface area contributed by atoms with Crippen molar-refractivity contribution in [2.75, 3.05) is 26.2 Å². The third kappa shape index (κ3) is 4.43. The standard InChI is InChI=1S/C9H18N2O3/c12-8-3-6-11(7-8)5-2-1-4-10-9(13)14/h8,10,12H,1-7H2,(H,13,14)/t8-/m0/s1. The Balaban J connectivity index is 1.91. The first-order valence-electron chi connectivity index (χ1n) is 5.05. The van der Waals surface area contributed by atoms with E-state index < -0.39 is 6.09 Å². The molecule has 1 aliphatic rings. The molecular formula is C9H18N2O3. The van der Waals surface area contributed by atoms with Crippen LogP contribution in [0, 0.1) is 0 Å². The first-order valence-corrected chi connectivity index (χ1v) is 5.05. The molecule has 0 radical (unpaired) electrons. The molecule has 1 heterocycles. The molecule has 0 bridgehead atoms. The number of nitrogens with one attached hydrogen (secondary N) is 1. The molecule has 0 aromatic carbocycles. The van der Waals surface area contributed by atoms with Crippen molar-refractivity contribution in [2.24, 2.45) is 0 Å². The number of nitrogens with zero attached hydrogens (tertiary/aromatic N) is 1. The van der Waals surface area contributed by atoms with Crippen LogP contribution < -0.4 is 5.32 Å². The van der Waals surface area contributed by atoms with Gasteiger partial charge in [0.1, 0.15) is 0 Å². The van der Waals surface area contributed by atoms with Gasteiger partial charge in [-0.3, -0.25) is 0 Å². The van der Waals surface area contributed by atoms with E-state index in [2.05, 4.69) is 10.2 Å². The number of aliphatic hydroxyl groups is 1. The van der Waals surface area contributed by atoms with E-state index in [0.717, 1.165) is 38.9 Å². The van der Waals surface area contributed by atoms with Crippen LogP contribution in [0.25, 0.3) is 0 Å². The molecule has 5 heteroatoms. The third-order valence-corrected chi connectivity index (χ3v) is 2.42. The van der Waals surface area contributed by atoms with Gasteiger partial charge < -0.3 is 20.4 Å². The monoisotopic (exact) mass is 202 g/mol. The fourth-order valence-corrected chi connectivity index (χ4v) is 1.67. The van der Waals surface area contributed by atoms with Crippen LogP contribution in [0.5, 0.6) is 0 Å². The summed E-state index contributed by atoms with van der Waals surface area (Å²) in [7, 11) is 0. The van der Waals surface area contributed by atoms with Crippen molar-refractivity contribution in [3.8, 4) is 0 Å². The summed E-state index contributed by atoms with van der Waals surface area (Å²) in [6.45, 7) is 3.21. The summed E-state index contributed by atoms with van der Waals surface area (Å²) in [5.41, 5.74) is 0. The first-order chi connectivity index (χ1) is 6.68. The van der Waals surface area contributed by atoms with Crippen molar-refractivity contribution in [2.45, 2.75) is 25.4 Å². The van der Waals surface area contributed by atoms with Crippen molar-refractivity contribution < 1.29 is 15.0 Å². The van der Waals surface area contributed by atoms with Crippen molar-refractivity contribution >= 4 is 6.09 Å². The molecule has 0 unspecified atom stereocenters. The van der Waals surface area contributed by atoms with Gasteiger partial charge in [-0.15, -0.1) is 0 Å². The number of hydrogen-bond donors (Lipinski definition) is 3. The minimum atomic E-state index is -0.957. The summed E-state index contributed by atoms with van der Waals surface area (Å²) in [6.07, 6.45) is 1.59. The molecular weight excluding hydrogens is 184 g/mol. The summed E-state index contributed by atoms with van der Waals surface area (Å²) in [5.74, 6) is 0. The van der Waals surface area contributed by atoms with Gasteiger partial charge in [-0.2, -0.15) is 0 Å². The second kappa shape index (κ2) is 5.82. The predicted molar refractivity (Wildman–Crippen MR) is 52.3 cm³/mol.